The minimum Gasteiger partial charge on any atom is -0.478 e. The van der Waals surface area contributed by atoms with E-state index in [2.05, 4.69) is 15.9 Å². The highest BCUT2D eigenvalue weighted by Gasteiger charge is 2.12. The van der Waals surface area contributed by atoms with E-state index in [4.69, 9.17) is 0 Å². The lowest BCUT2D eigenvalue weighted by atomic mass is 10.0. The molecule has 0 aliphatic heterocycles. The molecule has 0 amide bonds. The first-order valence-electron chi connectivity index (χ1n) is 6.34. The Morgan fingerprint density at radius 1 is 0.857 bits per heavy atom. The van der Waals surface area contributed by atoms with Crippen LogP contribution in [0.3, 0.4) is 0 Å². The summed E-state index contributed by atoms with van der Waals surface area (Å²) in [6, 6.07) is 19.1. The molecule has 4 heteroatoms. The summed E-state index contributed by atoms with van der Waals surface area (Å²) in [4.78, 5) is 13.5. The number of halogens is 1. The van der Waals surface area contributed by atoms with Crippen molar-refractivity contribution in [3.63, 3.8) is 0 Å². The zero-order valence-electron chi connectivity index (χ0n) is 10.9. The summed E-state index contributed by atoms with van der Waals surface area (Å²) < 4.78 is 1.03. The summed E-state index contributed by atoms with van der Waals surface area (Å²) in [6.07, 6.45) is 0. The number of aromatic carboxylic acids is 1. The van der Waals surface area contributed by atoms with Crippen molar-refractivity contribution in [3.8, 4) is 0 Å². The Bertz CT molecular complexity index is 830. The highest BCUT2D eigenvalue weighted by molar-refractivity contribution is 9.10. The van der Waals surface area contributed by atoms with E-state index in [0.29, 0.717) is 5.56 Å². The zero-order chi connectivity index (χ0) is 14.8. The third kappa shape index (κ3) is 2.82. The number of carboxylic acids is 1. The van der Waals surface area contributed by atoms with Crippen LogP contribution >= 0.6 is 27.7 Å². The molecule has 1 N–H and O–H groups in total. The van der Waals surface area contributed by atoms with Crippen molar-refractivity contribution in [1.29, 1.82) is 0 Å². The quantitative estimate of drug-likeness (QED) is 0.676. The van der Waals surface area contributed by atoms with Crippen LogP contribution in [0.25, 0.3) is 10.8 Å². The lowest BCUT2D eigenvalue weighted by molar-refractivity contribution is 0.0699. The molecule has 0 aliphatic carbocycles. The number of fused-ring (bicyclic) bond motifs is 1. The molecule has 0 spiro atoms. The number of benzene rings is 3. The Hall–Kier alpha value is -1.78. The van der Waals surface area contributed by atoms with Crippen LogP contribution in [0, 0.1) is 0 Å². The summed E-state index contributed by atoms with van der Waals surface area (Å²) in [5, 5.41) is 11.0. The fraction of sp³-hybridized carbons (Fsp3) is 0. The normalized spacial score (nSPS) is 10.7. The van der Waals surface area contributed by atoms with E-state index in [1.165, 1.54) is 0 Å². The van der Waals surface area contributed by atoms with E-state index in [-0.39, 0.29) is 0 Å². The number of carboxylic acid groups (broad SMARTS) is 1. The van der Waals surface area contributed by atoms with Crippen molar-refractivity contribution in [2.75, 3.05) is 0 Å². The van der Waals surface area contributed by atoms with Crippen LogP contribution in [0.4, 0.5) is 0 Å². The fourth-order valence-corrected chi connectivity index (χ4v) is 3.69. The second-order valence-electron chi connectivity index (χ2n) is 4.49. The van der Waals surface area contributed by atoms with Gasteiger partial charge in [0.05, 0.1) is 5.56 Å². The molecule has 3 aromatic carbocycles. The molecule has 0 radical (unpaired) electrons. The molecule has 21 heavy (non-hydrogen) atoms. The first-order valence-corrected chi connectivity index (χ1v) is 7.95. The molecule has 0 heterocycles. The highest BCUT2D eigenvalue weighted by atomic mass is 79.9. The van der Waals surface area contributed by atoms with Gasteiger partial charge in [-0.2, -0.15) is 0 Å². The average molecular weight is 359 g/mol. The molecule has 2 nitrogen and oxygen atoms in total. The van der Waals surface area contributed by atoms with Gasteiger partial charge in [-0.05, 0) is 51.0 Å². The predicted octanol–water partition coefficient (Wildman–Crippen LogP) is 5.45. The lowest BCUT2D eigenvalue weighted by Gasteiger charge is -2.09. The molecule has 3 aromatic rings. The Kier molecular flexibility index (Phi) is 3.99. The van der Waals surface area contributed by atoms with E-state index >= 15 is 0 Å². The molecule has 0 unspecified atom stereocenters. The van der Waals surface area contributed by atoms with Gasteiger partial charge in [-0.15, -0.1) is 0 Å². The summed E-state index contributed by atoms with van der Waals surface area (Å²) in [5.41, 5.74) is 0.335. The van der Waals surface area contributed by atoms with Gasteiger partial charge in [0.1, 0.15) is 0 Å². The maximum Gasteiger partial charge on any atom is 0.336 e. The van der Waals surface area contributed by atoms with E-state index in [0.717, 1.165) is 25.0 Å². The Balaban J connectivity index is 2.14. The maximum absolute atomic E-state index is 11.3. The van der Waals surface area contributed by atoms with Crippen molar-refractivity contribution in [3.05, 3.63) is 70.7 Å². The first-order chi connectivity index (χ1) is 10.2. The molecule has 0 bridgehead atoms. The van der Waals surface area contributed by atoms with Crippen molar-refractivity contribution in [2.24, 2.45) is 0 Å². The molecular weight excluding hydrogens is 348 g/mol. The summed E-state index contributed by atoms with van der Waals surface area (Å²) >= 11 is 5.16. The predicted molar refractivity (Wildman–Crippen MR) is 89.2 cm³/mol. The molecule has 104 valence electrons. The minimum atomic E-state index is -0.899. The van der Waals surface area contributed by atoms with Gasteiger partial charge in [0.15, 0.2) is 0 Å². The molecule has 0 aliphatic rings. The molecule has 0 atom stereocenters. The lowest BCUT2D eigenvalue weighted by Crippen LogP contribution is -1.97. The highest BCUT2D eigenvalue weighted by Crippen LogP contribution is 2.38. The SMILES string of the molecule is O=C(O)c1ccc(Sc2ccccc2Br)c2ccccc12. The second-order valence-corrected chi connectivity index (χ2v) is 6.43. The molecule has 0 fully saturated rings. The Labute approximate surface area is 134 Å². The topological polar surface area (TPSA) is 37.3 Å². The van der Waals surface area contributed by atoms with Gasteiger partial charge >= 0.3 is 5.97 Å². The van der Waals surface area contributed by atoms with Crippen LogP contribution in [-0.2, 0) is 0 Å². The van der Waals surface area contributed by atoms with Crippen molar-refractivity contribution >= 4 is 44.4 Å². The monoisotopic (exact) mass is 358 g/mol. The third-order valence-electron chi connectivity index (χ3n) is 3.17. The van der Waals surface area contributed by atoms with Gasteiger partial charge in [-0.1, -0.05) is 48.2 Å². The number of carbonyl (C=O) groups is 1. The summed E-state index contributed by atoms with van der Waals surface area (Å²) in [6.45, 7) is 0. The molecule has 0 aromatic heterocycles. The minimum absolute atomic E-state index is 0.335. The van der Waals surface area contributed by atoms with Gasteiger partial charge in [0.25, 0.3) is 0 Å². The third-order valence-corrected chi connectivity index (χ3v) is 5.28. The van der Waals surface area contributed by atoms with E-state index in [9.17, 15) is 9.90 Å². The average Bonchev–Trinajstić information content (AvgIpc) is 2.49. The van der Waals surface area contributed by atoms with Gasteiger partial charge in [-0.25, -0.2) is 4.79 Å². The number of hydrogen-bond acceptors (Lipinski definition) is 2. The summed E-state index contributed by atoms with van der Waals surface area (Å²) in [7, 11) is 0. The maximum atomic E-state index is 11.3. The van der Waals surface area contributed by atoms with Crippen LogP contribution in [0.5, 0.6) is 0 Å². The number of hydrogen-bond donors (Lipinski definition) is 1. The standard InChI is InChI=1S/C17H11BrO2S/c18-14-7-3-4-8-16(14)21-15-10-9-13(17(19)20)11-5-1-2-6-12(11)15/h1-10H,(H,19,20). The van der Waals surface area contributed by atoms with Crippen LogP contribution in [0.1, 0.15) is 10.4 Å². The fourth-order valence-electron chi connectivity index (χ4n) is 2.19. The largest absolute Gasteiger partial charge is 0.478 e. The Morgan fingerprint density at radius 2 is 1.52 bits per heavy atom. The van der Waals surface area contributed by atoms with E-state index in [1.807, 2.05) is 54.6 Å². The van der Waals surface area contributed by atoms with Crippen molar-refractivity contribution < 1.29 is 9.90 Å². The second kappa shape index (κ2) is 5.92. The zero-order valence-corrected chi connectivity index (χ0v) is 13.3. The van der Waals surface area contributed by atoms with Gasteiger partial charge in [0, 0.05) is 14.3 Å². The van der Waals surface area contributed by atoms with E-state index < -0.39 is 5.97 Å². The van der Waals surface area contributed by atoms with Gasteiger partial charge < -0.3 is 5.11 Å². The van der Waals surface area contributed by atoms with Crippen molar-refractivity contribution in [1.82, 2.24) is 0 Å². The molecule has 3 rings (SSSR count). The van der Waals surface area contributed by atoms with Gasteiger partial charge in [0.2, 0.25) is 0 Å². The van der Waals surface area contributed by atoms with Crippen molar-refractivity contribution in [2.45, 2.75) is 9.79 Å². The van der Waals surface area contributed by atoms with Crippen LogP contribution in [0.15, 0.2) is 74.9 Å². The molecule has 0 saturated carbocycles. The van der Waals surface area contributed by atoms with Crippen LogP contribution < -0.4 is 0 Å². The van der Waals surface area contributed by atoms with Gasteiger partial charge in [-0.3, -0.25) is 0 Å². The van der Waals surface area contributed by atoms with E-state index in [1.54, 1.807) is 17.8 Å². The molecular formula is C17H11BrO2S. The number of rotatable bonds is 3. The Morgan fingerprint density at radius 3 is 2.24 bits per heavy atom. The van der Waals surface area contributed by atoms with Crippen LogP contribution in [0.2, 0.25) is 0 Å². The summed E-state index contributed by atoms with van der Waals surface area (Å²) in [5.74, 6) is -0.899. The molecule has 0 saturated heterocycles. The smallest absolute Gasteiger partial charge is 0.336 e. The first kappa shape index (κ1) is 14.2. The van der Waals surface area contributed by atoms with Crippen LogP contribution in [-0.4, -0.2) is 11.1 Å².